The molecule has 0 aliphatic rings. The zero-order valence-corrected chi connectivity index (χ0v) is 13.0. The highest BCUT2D eigenvalue weighted by molar-refractivity contribution is 6.03. The zero-order chi connectivity index (χ0) is 16.9. The maximum atomic E-state index is 12.5. The van der Waals surface area contributed by atoms with Crippen LogP contribution in [0.4, 0.5) is 0 Å². The van der Waals surface area contributed by atoms with Crippen molar-refractivity contribution in [1.82, 2.24) is 25.5 Å². The number of carbonyl (C=O) groups excluding carboxylic acids is 2. The lowest BCUT2D eigenvalue weighted by molar-refractivity contribution is 0.0904. The molecule has 0 atom stereocenters. The van der Waals surface area contributed by atoms with Crippen LogP contribution in [-0.4, -0.2) is 38.4 Å². The van der Waals surface area contributed by atoms with Crippen LogP contribution in [0.25, 0.3) is 5.69 Å². The Morgan fingerprint density at radius 3 is 2.46 bits per heavy atom. The van der Waals surface area contributed by atoms with Crippen LogP contribution >= 0.6 is 0 Å². The molecule has 1 amide bonds. The van der Waals surface area contributed by atoms with E-state index < -0.39 is 0 Å². The maximum Gasteiger partial charge on any atom is 0.253 e. The van der Waals surface area contributed by atoms with Crippen molar-refractivity contribution < 1.29 is 9.59 Å². The van der Waals surface area contributed by atoms with Gasteiger partial charge in [-0.2, -0.15) is 4.68 Å². The number of aromatic nitrogens is 4. The smallest absolute Gasteiger partial charge is 0.253 e. The molecule has 0 saturated heterocycles. The number of hydrogen-bond acceptors (Lipinski definition) is 5. The number of tetrazole rings is 1. The third-order valence-corrected chi connectivity index (χ3v) is 3.51. The van der Waals surface area contributed by atoms with E-state index in [9.17, 15) is 9.59 Å². The number of para-hydroxylation sites is 1. The largest absolute Gasteiger partial charge is 0.345 e. The average Bonchev–Trinajstić information content (AvgIpc) is 3.06. The zero-order valence-electron chi connectivity index (χ0n) is 13.0. The van der Waals surface area contributed by atoms with Crippen molar-refractivity contribution >= 4 is 11.7 Å². The highest BCUT2D eigenvalue weighted by Gasteiger charge is 2.16. The highest BCUT2D eigenvalue weighted by atomic mass is 16.2. The van der Waals surface area contributed by atoms with Gasteiger partial charge in [-0.15, -0.1) is 5.10 Å². The van der Waals surface area contributed by atoms with E-state index in [4.69, 9.17) is 0 Å². The lowest BCUT2D eigenvalue weighted by atomic mass is 10.1. The van der Waals surface area contributed by atoms with Crippen LogP contribution in [0.5, 0.6) is 0 Å². The van der Waals surface area contributed by atoms with Crippen LogP contribution in [0.2, 0.25) is 0 Å². The van der Waals surface area contributed by atoms with Gasteiger partial charge in [-0.1, -0.05) is 42.5 Å². The molecule has 1 N–H and O–H groups in total. The number of aryl methyl sites for hydroxylation is 1. The Morgan fingerprint density at radius 2 is 1.75 bits per heavy atom. The van der Waals surface area contributed by atoms with Gasteiger partial charge in [-0.05, 0) is 29.5 Å². The van der Waals surface area contributed by atoms with Crippen molar-refractivity contribution in [3.8, 4) is 5.69 Å². The first-order valence-electron chi connectivity index (χ1n) is 7.37. The molecule has 0 saturated carbocycles. The number of Topliss-reactive ketones (excluding diaryl/α,β-unsaturated/α-hetero) is 1. The molecule has 0 aliphatic carbocycles. The lowest BCUT2D eigenvalue weighted by Gasteiger charge is -2.10. The van der Waals surface area contributed by atoms with Crippen LogP contribution in [0.3, 0.4) is 0 Å². The molecule has 0 unspecified atom stereocenters. The number of rotatable bonds is 5. The highest BCUT2D eigenvalue weighted by Crippen LogP contribution is 2.14. The van der Waals surface area contributed by atoms with E-state index in [0.717, 1.165) is 0 Å². The SMILES string of the molecule is Cc1nnnn1-c1ccccc1C(=O)NCC(=O)c1ccccc1. The van der Waals surface area contributed by atoms with Crippen molar-refractivity contribution in [2.24, 2.45) is 0 Å². The number of benzene rings is 2. The van der Waals surface area contributed by atoms with E-state index in [1.807, 2.05) is 6.07 Å². The summed E-state index contributed by atoms with van der Waals surface area (Å²) < 4.78 is 1.48. The molecule has 7 heteroatoms. The van der Waals surface area contributed by atoms with Gasteiger partial charge < -0.3 is 5.32 Å². The van der Waals surface area contributed by atoms with E-state index >= 15 is 0 Å². The number of nitrogens with zero attached hydrogens (tertiary/aromatic N) is 4. The van der Waals surface area contributed by atoms with Gasteiger partial charge in [0.25, 0.3) is 5.91 Å². The van der Waals surface area contributed by atoms with Crippen LogP contribution in [0.15, 0.2) is 54.6 Å². The molecule has 0 aliphatic heterocycles. The molecule has 7 nitrogen and oxygen atoms in total. The summed E-state index contributed by atoms with van der Waals surface area (Å²) in [4.78, 5) is 24.6. The first-order chi connectivity index (χ1) is 11.7. The molecular formula is C17H15N5O2. The molecule has 1 aromatic heterocycles. The fourth-order valence-corrected chi connectivity index (χ4v) is 2.29. The van der Waals surface area contributed by atoms with Crippen LogP contribution < -0.4 is 5.32 Å². The molecule has 3 aromatic rings. The van der Waals surface area contributed by atoms with Crippen molar-refractivity contribution in [2.75, 3.05) is 6.54 Å². The maximum absolute atomic E-state index is 12.5. The molecule has 1 heterocycles. The Bertz CT molecular complexity index is 873. The van der Waals surface area contributed by atoms with E-state index in [-0.39, 0.29) is 18.2 Å². The molecule has 0 spiro atoms. The van der Waals surface area contributed by atoms with E-state index in [1.165, 1.54) is 4.68 Å². The number of nitrogens with one attached hydrogen (secondary N) is 1. The Kier molecular flexibility index (Phi) is 4.42. The van der Waals surface area contributed by atoms with Crippen LogP contribution in [-0.2, 0) is 0 Å². The quantitative estimate of drug-likeness (QED) is 0.721. The second kappa shape index (κ2) is 6.82. The van der Waals surface area contributed by atoms with Crippen molar-refractivity contribution in [2.45, 2.75) is 6.92 Å². The predicted molar refractivity (Wildman–Crippen MR) is 87.0 cm³/mol. The first-order valence-corrected chi connectivity index (χ1v) is 7.37. The summed E-state index contributed by atoms with van der Waals surface area (Å²) >= 11 is 0. The first kappa shape index (κ1) is 15.5. The fraction of sp³-hybridized carbons (Fsp3) is 0.118. The average molecular weight is 321 g/mol. The summed E-state index contributed by atoms with van der Waals surface area (Å²) in [5, 5.41) is 13.9. The van der Waals surface area contributed by atoms with Gasteiger partial charge in [-0.25, -0.2) is 0 Å². The van der Waals surface area contributed by atoms with Gasteiger partial charge in [0.15, 0.2) is 11.6 Å². The van der Waals surface area contributed by atoms with E-state index in [2.05, 4.69) is 20.8 Å². The Balaban J connectivity index is 1.77. The van der Waals surface area contributed by atoms with Crippen LogP contribution in [0, 0.1) is 6.92 Å². The summed E-state index contributed by atoms with van der Waals surface area (Å²) in [5.41, 5.74) is 1.51. The monoisotopic (exact) mass is 321 g/mol. The Morgan fingerprint density at radius 1 is 1.04 bits per heavy atom. The minimum atomic E-state index is -0.357. The third kappa shape index (κ3) is 3.19. The van der Waals surface area contributed by atoms with E-state index in [0.29, 0.717) is 22.6 Å². The fourth-order valence-electron chi connectivity index (χ4n) is 2.29. The minimum absolute atomic E-state index is 0.0776. The number of carbonyl (C=O) groups is 2. The normalized spacial score (nSPS) is 10.4. The summed E-state index contributed by atoms with van der Waals surface area (Å²) in [6, 6.07) is 15.8. The van der Waals surface area contributed by atoms with Gasteiger partial charge >= 0.3 is 0 Å². The third-order valence-electron chi connectivity index (χ3n) is 3.51. The minimum Gasteiger partial charge on any atom is -0.345 e. The van der Waals surface area contributed by atoms with E-state index in [1.54, 1.807) is 55.5 Å². The summed E-state index contributed by atoms with van der Waals surface area (Å²) in [7, 11) is 0. The predicted octanol–water partition coefficient (Wildman–Crippen LogP) is 1.58. The van der Waals surface area contributed by atoms with Gasteiger partial charge in [0, 0.05) is 5.56 Å². The number of amides is 1. The summed E-state index contributed by atoms with van der Waals surface area (Å²) in [5.74, 6) is 0.0560. The van der Waals surface area contributed by atoms with Crippen molar-refractivity contribution in [1.29, 1.82) is 0 Å². The van der Waals surface area contributed by atoms with Gasteiger partial charge in [0.05, 0.1) is 17.8 Å². The molecule has 120 valence electrons. The summed E-state index contributed by atoms with van der Waals surface area (Å²) in [6.07, 6.45) is 0. The number of hydrogen-bond donors (Lipinski definition) is 1. The molecule has 0 fully saturated rings. The molecule has 0 bridgehead atoms. The van der Waals surface area contributed by atoms with Crippen molar-refractivity contribution in [3.05, 3.63) is 71.5 Å². The Hall–Kier alpha value is -3.35. The second-order valence-electron chi connectivity index (χ2n) is 5.13. The molecule has 3 rings (SSSR count). The topological polar surface area (TPSA) is 89.8 Å². The van der Waals surface area contributed by atoms with Crippen molar-refractivity contribution in [3.63, 3.8) is 0 Å². The van der Waals surface area contributed by atoms with Gasteiger partial charge in [-0.3, -0.25) is 9.59 Å². The van der Waals surface area contributed by atoms with Gasteiger partial charge in [0.2, 0.25) is 0 Å². The Labute approximate surface area is 138 Å². The molecular weight excluding hydrogens is 306 g/mol. The standard InChI is InChI=1S/C17H15N5O2/c1-12-19-20-21-22(12)15-10-6-5-9-14(15)17(24)18-11-16(23)13-7-3-2-4-8-13/h2-10H,11H2,1H3,(H,18,24). The second-order valence-corrected chi connectivity index (χ2v) is 5.13. The number of ketones is 1. The van der Waals surface area contributed by atoms with Crippen LogP contribution in [0.1, 0.15) is 26.5 Å². The molecule has 0 radical (unpaired) electrons. The van der Waals surface area contributed by atoms with Gasteiger partial charge in [0.1, 0.15) is 0 Å². The summed E-state index contributed by atoms with van der Waals surface area (Å²) in [6.45, 7) is 1.67. The molecule has 2 aromatic carbocycles. The lowest BCUT2D eigenvalue weighted by Crippen LogP contribution is -2.30. The molecule has 24 heavy (non-hydrogen) atoms.